The number of benzene rings is 1. The van der Waals surface area contributed by atoms with Gasteiger partial charge in [-0.2, -0.15) is 0 Å². The first-order chi connectivity index (χ1) is 8.04. The van der Waals surface area contributed by atoms with Gasteiger partial charge >= 0.3 is 0 Å². The Bertz CT molecular complexity index is 401. The molecule has 2 N–H and O–H groups in total. The van der Waals surface area contributed by atoms with Crippen LogP contribution in [0.1, 0.15) is 6.92 Å². The first-order valence-corrected chi connectivity index (χ1v) is 6.68. The van der Waals surface area contributed by atoms with Gasteiger partial charge in [0.2, 0.25) is 5.91 Å². The van der Waals surface area contributed by atoms with Crippen LogP contribution >= 0.6 is 35.0 Å². The van der Waals surface area contributed by atoms with Gasteiger partial charge < -0.3 is 10.4 Å². The van der Waals surface area contributed by atoms with Gasteiger partial charge in [0.1, 0.15) is 0 Å². The summed E-state index contributed by atoms with van der Waals surface area (Å²) < 4.78 is 0. The molecule has 0 aromatic heterocycles. The molecule has 0 saturated heterocycles. The highest BCUT2D eigenvalue weighted by Gasteiger charge is 2.15. The van der Waals surface area contributed by atoms with Crippen molar-refractivity contribution in [3.05, 3.63) is 28.2 Å². The third kappa shape index (κ3) is 4.76. The van der Waals surface area contributed by atoms with Crippen molar-refractivity contribution in [2.45, 2.75) is 17.1 Å². The fourth-order valence-corrected chi connectivity index (χ4v) is 2.57. The number of amides is 1. The zero-order valence-corrected chi connectivity index (χ0v) is 11.6. The van der Waals surface area contributed by atoms with Crippen LogP contribution in [0.5, 0.6) is 0 Å². The third-order valence-electron chi connectivity index (χ3n) is 1.98. The summed E-state index contributed by atoms with van der Waals surface area (Å²) in [7, 11) is 0. The van der Waals surface area contributed by atoms with Crippen molar-refractivity contribution in [3.8, 4) is 0 Å². The van der Waals surface area contributed by atoms with Gasteiger partial charge in [-0.05, 0) is 25.1 Å². The Morgan fingerprint density at radius 3 is 2.88 bits per heavy atom. The highest BCUT2D eigenvalue weighted by Crippen LogP contribution is 2.32. The van der Waals surface area contributed by atoms with E-state index >= 15 is 0 Å². The van der Waals surface area contributed by atoms with Crippen molar-refractivity contribution < 1.29 is 9.90 Å². The summed E-state index contributed by atoms with van der Waals surface area (Å²) in [5.74, 6) is -0.139. The first kappa shape index (κ1) is 14.6. The van der Waals surface area contributed by atoms with E-state index in [0.717, 1.165) is 4.90 Å². The third-order valence-corrected chi connectivity index (χ3v) is 3.81. The number of hydrogen-bond acceptors (Lipinski definition) is 3. The lowest BCUT2D eigenvalue weighted by atomic mass is 10.4. The molecule has 6 heteroatoms. The fraction of sp³-hybridized carbons (Fsp3) is 0.364. The lowest BCUT2D eigenvalue weighted by molar-refractivity contribution is -0.120. The van der Waals surface area contributed by atoms with Crippen molar-refractivity contribution in [3.63, 3.8) is 0 Å². The molecule has 3 nitrogen and oxygen atoms in total. The number of nitrogens with one attached hydrogen (secondary N) is 1. The van der Waals surface area contributed by atoms with Crippen LogP contribution < -0.4 is 5.32 Å². The topological polar surface area (TPSA) is 49.3 Å². The van der Waals surface area contributed by atoms with Crippen molar-refractivity contribution in [2.75, 3.05) is 13.2 Å². The van der Waals surface area contributed by atoms with Crippen molar-refractivity contribution in [1.29, 1.82) is 0 Å². The summed E-state index contributed by atoms with van der Waals surface area (Å²) in [6.45, 7) is 1.96. The van der Waals surface area contributed by atoms with Crippen molar-refractivity contribution in [1.82, 2.24) is 5.32 Å². The normalized spacial score (nSPS) is 12.2. The summed E-state index contributed by atoms with van der Waals surface area (Å²) in [4.78, 5) is 12.4. The number of aliphatic hydroxyl groups is 1. The number of carbonyl (C=O) groups excluding carboxylic acids is 1. The van der Waals surface area contributed by atoms with Gasteiger partial charge in [-0.1, -0.05) is 23.2 Å². The average molecular weight is 294 g/mol. The van der Waals surface area contributed by atoms with E-state index in [4.69, 9.17) is 28.3 Å². The molecule has 0 aliphatic carbocycles. The maximum Gasteiger partial charge on any atom is 0.233 e. The Kier molecular flexibility index (Phi) is 6.12. The molecule has 0 unspecified atom stereocenters. The van der Waals surface area contributed by atoms with Gasteiger partial charge in [0.05, 0.1) is 16.9 Å². The van der Waals surface area contributed by atoms with Crippen LogP contribution in [0.2, 0.25) is 10.0 Å². The van der Waals surface area contributed by atoms with Crippen LogP contribution in [0.4, 0.5) is 0 Å². The summed E-state index contributed by atoms with van der Waals surface area (Å²) in [5, 5.41) is 12.1. The predicted octanol–water partition coefficient (Wildman–Crippen LogP) is 2.58. The molecule has 0 saturated carbocycles. The van der Waals surface area contributed by atoms with Gasteiger partial charge in [0.25, 0.3) is 0 Å². The highest BCUT2D eigenvalue weighted by atomic mass is 35.5. The van der Waals surface area contributed by atoms with Gasteiger partial charge in [0, 0.05) is 16.5 Å². The molecular weight excluding hydrogens is 281 g/mol. The largest absolute Gasteiger partial charge is 0.395 e. The van der Waals surface area contributed by atoms with Crippen LogP contribution in [0.3, 0.4) is 0 Å². The van der Waals surface area contributed by atoms with E-state index < -0.39 is 0 Å². The van der Waals surface area contributed by atoms with Crippen LogP contribution in [0.15, 0.2) is 23.1 Å². The standard InChI is InChI=1S/C11H13Cl2NO2S/c1-7(11(16)14-4-5-15)17-10-6-8(12)2-3-9(10)13/h2-3,6-7,15H,4-5H2,1H3,(H,14,16)/t7-/m1/s1. The van der Waals surface area contributed by atoms with Gasteiger partial charge in [-0.25, -0.2) is 0 Å². The molecule has 1 amide bonds. The quantitative estimate of drug-likeness (QED) is 0.821. The molecule has 0 aliphatic heterocycles. The van der Waals surface area contributed by atoms with E-state index in [2.05, 4.69) is 5.32 Å². The Labute approximate surface area is 114 Å². The Morgan fingerprint density at radius 2 is 2.24 bits per heavy atom. The number of rotatable bonds is 5. The van der Waals surface area contributed by atoms with E-state index in [0.29, 0.717) is 10.0 Å². The zero-order valence-electron chi connectivity index (χ0n) is 9.24. The number of aliphatic hydroxyl groups excluding tert-OH is 1. The van der Waals surface area contributed by atoms with Gasteiger partial charge in [-0.3, -0.25) is 4.79 Å². The monoisotopic (exact) mass is 293 g/mol. The lowest BCUT2D eigenvalue weighted by Crippen LogP contribution is -2.32. The maximum absolute atomic E-state index is 11.6. The molecule has 0 bridgehead atoms. The first-order valence-electron chi connectivity index (χ1n) is 5.05. The van der Waals surface area contributed by atoms with Crippen LogP contribution in [0, 0.1) is 0 Å². The van der Waals surface area contributed by atoms with Gasteiger partial charge in [-0.15, -0.1) is 11.8 Å². The molecule has 1 aromatic carbocycles. The van der Waals surface area contributed by atoms with E-state index in [1.165, 1.54) is 11.8 Å². The van der Waals surface area contributed by atoms with Crippen molar-refractivity contribution in [2.24, 2.45) is 0 Å². The van der Waals surface area contributed by atoms with Gasteiger partial charge in [0.15, 0.2) is 0 Å². The molecule has 94 valence electrons. The molecule has 0 heterocycles. The fourth-order valence-electron chi connectivity index (χ4n) is 1.13. The Hall–Kier alpha value is -0.420. The van der Waals surface area contributed by atoms with Crippen LogP contribution in [-0.2, 0) is 4.79 Å². The Balaban J connectivity index is 2.64. The second-order valence-electron chi connectivity index (χ2n) is 3.35. The smallest absolute Gasteiger partial charge is 0.233 e. The minimum Gasteiger partial charge on any atom is -0.395 e. The summed E-state index contributed by atoms with van der Waals surface area (Å²) in [5.41, 5.74) is 0. The molecule has 1 rings (SSSR count). The van der Waals surface area contributed by atoms with Crippen LogP contribution in [-0.4, -0.2) is 29.4 Å². The number of halogens is 2. The van der Waals surface area contributed by atoms with Crippen LogP contribution in [0.25, 0.3) is 0 Å². The summed E-state index contributed by atoms with van der Waals surface area (Å²) in [6, 6.07) is 5.12. The van der Waals surface area contributed by atoms with E-state index in [1.54, 1.807) is 25.1 Å². The Morgan fingerprint density at radius 1 is 1.53 bits per heavy atom. The molecule has 17 heavy (non-hydrogen) atoms. The lowest BCUT2D eigenvalue weighted by Gasteiger charge is -2.12. The molecule has 0 radical (unpaired) electrons. The van der Waals surface area contributed by atoms with E-state index in [-0.39, 0.29) is 24.3 Å². The number of hydrogen-bond donors (Lipinski definition) is 2. The predicted molar refractivity (Wildman–Crippen MR) is 71.9 cm³/mol. The summed E-state index contributed by atoms with van der Waals surface area (Å²) >= 11 is 13.2. The molecule has 0 aliphatic rings. The number of carbonyl (C=O) groups is 1. The number of thioether (sulfide) groups is 1. The SMILES string of the molecule is C[C@@H](Sc1cc(Cl)ccc1Cl)C(=O)NCCO. The molecule has 0 fully saturated rings. The molecule has 1 aromatic rings. The highest BCUT2D eigenvalue weighted by molar-refractivity contribution is 8.00. The second-order valence-corrected chi connectivity index (χ2v) is 5.58. The maximum atomic E-state index is 11.6. The minimum atomic E-state index is -0.294. The van der Waals surface area contributed by atoms with E-state index in [1.807, 2.05) is 0 Å². The minimum absolute atomic E-state index is 0.0684. The average Bonchev–Trinajstić information content (AvgIpc) is 2.30. The molecule has 0 spiro atoms. The zero-order chi connectivity index (χ0) is 12.8. The van der Waals surface area contributed by atoms with E-state index in [9.17, 15) is 4.79 Å². The summed E-state index contributed by atoms with van der Waals surface area (Å²) in [6.07, 6.45) is 0. The molecular formula is C11H13Cl2NO2S. The molecule has 1 atom stereocenters. The van der Waals surface area contributed by atoms with Crippen molar-refractivity contribution >= 4 is 40.9 Å². The second kappa shape index (κ2) is 7.11.